The van der Waals surface area contributed by atoms with Crippen LogP contribution in [0.15, 0.2) is 5.38 Å². The first-order chi connectivity index (χ1) is 8.18. The van der Waals surface area contributed by atoms with Crippen molar-refractivity contribution in [3.8, 4) is 0 Å². The quantitative estimate of drug-likeness (QED) is 0.726. The fourth-order valence-electron chi connectivity index (χ4n) is 2.12. The lowest BCUT2D eigenvalue weighted by Crippen LogP contribution is -2.43. The standard InChI is InChI=1S/C13H24N2OS/c1-5-7-13(6-2,14-8-9-16-4)12-15-11(3)10-17-12/h10,14H,5-9H2,1-4H3. The van der Waals surface area contributed by atoms with E-state index < -0.39 is 0 Å². The van der Waals surface area contributed by atoms with Crippen molar-refractivity contribution >= 4 is 11.3 Å². The highest BCUT2D eigenvalue weighted by Crippen LogP contribution is 2.32. The van der Waals surface area contributed by atoms with E-state index >= 15 is 0 Å². The summed E-state index contributed by atoms with van der Waals surface area (Å²) < 4.78 is 5.12. The van der Waals surface area contributed by atoms with Crippen LogP contribution in [0.3, 0.4) is 0 Å². The van der Waals surface area contributed by atoms with Gasteiger partial charge in [0.1, 0.15) is 5.01 Å². The van der Waals surface area contributed by atoms with Gasteiger partial charge in [-0.3, -0.25) is 0 Å². The molecule has 0 radical (unpaired) electrons. The summed E-state index contributed by atoms with van der Waals surface area (Å²) in [5.74, 6) is 0. The van der Waals surface area contributed by atoms with Gasteiger partial charge in [0.05, 0.1) is 12.1 Å². The summed E-state index contributed by atoms with van der Waals surface area (Å²) in [7, 11) is 1.74. The third kappa shape index (κ3) is 3.76. The molecule has 0 saturated heterocycles. The Morgan fingerprint density at radius 3 is 2.71 bits per heavy atom. The van der Waals surface area contributed by atoms with Gasteiger partial charge in [0, 0.05) is 24.7 Å². The van der Waals surface area contributed by atoms with Crippen molar-refractivity contribution in [3.63, 3.8) is 0 Å². The maximum absolute atomic E-state index is 5.12. The molecule has 0 bridgehead atoms. The maximum Gasteiger partial charge on any atom is 0.113 e. The van der Waals surface area contributed by atoms with Crippen molar-refractivity contribution in [1.82, 2.24) is 10.3 Å². The molecular formula is C13H24N2OS. The van der Waals surface area contributed by atoms with E-state index in [1.165, 1.54) is 5.01 Å². The van der Waals surface area contributed by atoms with E-state index in [1.54, 1.807) is 18.4 Å². The molecule has 1 aromatic rings. The van der Waals surface area contributed by atoms with Crippen molar-refractivity contribution in [3.05, 3.63) is 16.1 Å². The molecule has 0 saturated carbocycles. The van der Waals surface area contributed by atoms with Gasteiger partial charge in [0.25, 0.3) is 0 Å². The van der Waals surface area contributed by atoms with Crippen LogP contribution in [-0.4, -0.2) is 25.2 Å². The number of methoxy groups -OCH3 is 1. The molecule has 17 heavy (non-hydrogen) atoms. The number of nitrogens with zero attached hydrogens (tertiary/aromatic N) is 1. The summed E-state index contributed by atoms with van der Waals surface area (Å²) in [5.41, 5.74) is 1.15. The topological polar surface area (TPSA) is 34.1 Å². The fourth-order valence-corrected chi connectivity index (χ4v) is 3.19. The number of hydrogen-bond donors (Lipinski definition) is 1. The molecule has 98 valence electrons. The first kappa shape index (κ1) is 14.6. The Morgan fingerprint density at radius 2 is 2.24 bits per heavy atom. The molecule has 1 heterocycles. The summed E-state index contributed by atoms with van der Waals surface area (Å²) in [6.45, 7) is 8.13. The van der Waals surface area contributed by atoms with Crippen molar-refractivity contribution in [2.45, 2.75) is 45.6 Å². The SMILES string of the molecule is CCCC(CC)(NCCOC)c1nc(C)cs1. The Balaban J connectivity index is 2.83. The molecular weight excluding hydrogens is 232 g/mol. The lowest BCUT2D eigenvalue weighted by Gasteiger charge is -2.32. The molecule has 1 N–H and O–H groups in total. The summed E-state index contributed by atoms with van der Waals surface area (Å²) in [6.07, 6.45) is 3.35. The van der Waals surface area contributed by atoms with Gasteiger partial charge in [0.2, 0.25) is 0 Å². The molecule has 1 atom stereocenters. The molecule has 1 unspecified atom stereocenters. The third-order valence-corrected chi connectivity index (χ3v) is 4.24. The number of nitrogens with one attached hydrogen (secondary N) is 1. The molecule has 0 spiro atoms. The lowest BCUT2D eigenvalue weighted by molar-refractivity contribution is 0.178. The Labute approximate surface area is 109 Å². The van der Waals surface area contributed by atoms with E-state index in [0.717, 1.165) is 38.1 Å². The zero-order valence-corrected chi connectivity index (χ0v) is 12.2. The number of hydrogen-bond acceptors (Lipinski definition) is 4. The van der Waals surface area contributed by atoms with Crippen LogP contribution in [0.2, 0.25) is 0 Å². The molecule has 1 rings (SSSR count). The van der Waals surface area contributed by atoms with Crippen LogP contribution in [0.5, 0.6) is 0 Å². The monoisotopic (exact) mass is 256 g/mol. The number of ether oxygens (including phenoxy) is 1. The molecule has 0 fully saturated rings. The van der Waals surface area contributed by atoms with Crippen molar-refractivity contribution < 1.29 is 4.74 Å². The predicted molar refractivity (Wildman–Crippen MR) is 73.6 cm³/mol. The molecule has 0 aliphatic rings. The molecule has 4 heteroatoms. The van der Waals surface area contributed by atoms with E-state index in [2.05, 4.69) is 36.5 Å². The third-order valence-electron chi connectivity index (χ3n) is 3.08. The molecule has 0 aromatic carbocycles. The number of rotatable bonds is 8. The molecule has 0 aliphatic carbocycles. The van der Waals surface area contributed by atoms with Gasteiger partial charge in [-0.05, 0) is 19.8 Å². The number of thiazole rings is 1. The van der Waals surface area contributed by atoms with Crippen molar-refractivity contribution in [2.75, 3.05) is 20.3 Å². The normalized spacial score (nSPS) is 14.8. The zero-order valence-electron chi connectivity index (χ0n) is 11.4. The Morgan fingerprint density at radius 1 is 1.47 bits per heavy atom. The minimum atomic E-state index is 0.0339. The Hall–Kier alpha value is -0.450. The average molecular weight is 256 g/mol. The fraction of sp³-hybridized carbons (Fsp3) is 0.769. The van der Waals surface area contributed by atoms with Crippen LogP contribution in [0.1, 0.15) is 43.8 Å². The minimum Gasteiger partial charge on any atom is -0.383 e. The van der Waals surface area contributed by atoms with E-state index in [1.807, 2.05) is 0 Å². The highest BCUT2D eigenvalue weighted by atomic mass is 32.1. The van der Waals surface area contributed by atoms with Crippen molar-refractivity contribution in [1.29, 1.82) is 0 Å². The predicted octanol–water partition coefficient (Wildman–Crippen LogP) is 3.09. The minimum absolute atomic E-state index is 0.0339. The highest BCUT2D eigenvalue weighted by Gasteiger charge is 2.31. The first-order valence-electron chi connectivity index (χ1n) is 6.35. The summed E-state index contributed by atoms with van der Waals surface area (Å²) in [5, 5.41) is 6.99. The van der Waals surface area contributed by atoms with Crippen LogP contribution in [-0.2, 0) is 10.3 Å². The molecule has 3 nitrogen and oxygen atoms in total. The summed E-state index contributed by atoms with van der Waals surface area (Å²) in [6, 6.07) is 0. The second kappa shape index (κ2) is 7.09. The van der Waals surface area contributed by atoms with Gasteiger partial charge >= 0.3 is 0 Å². The smallest absolute Gasteiger partial charge is 0.113 e. The van der Waals surface area contributed by atoms with Gasteiger partial charge in [-0.2, -0.15) is 0 Å². The van der Waals surface area contributed by atoms with Crippen LogP contribution in [0.4, 0.5) is 0 Å². The van der Waals surface area contributed by atoms with Crippen LogP contribution in [0, 0.1) is 6.92 Å². The van der Waals surface area contributed by atoms with Crippen molar-refractivity contribution in [2.24, 2.45) is 0 Å². The van der Waals surface area contributed by atoms with Crippen LogP contribution < -0.4 is 5.32 Å². The van der Waals surface area contributed by atoms with Crippen LogP contribution in [0.25, 0.3) is 0 Å². The van der Waals surface area contributed by atoms with Gasteiger partial charge < -0.3 is 10.1 Å². The molecule has 0 amide bonds. The lowest BCUT2D eigenvalue weighted by atomic mass is 9.91. The second-order valence-electron chi connectivity index (χ2n) is 4.40. The summed E-state index contributed by atoms with van der Waals surface area (Å²) >= 11 is 1.76. The zero-order chi connectivity index (χ0) is 12.7. The van der Waals surface area contributed by atoms with Crippen LogP contribution >= 0.6 is 11.3 Å². The average Bonchev–Trinajstić information content (AvgIpc) is 2.75. The molecule has 1 aromatic heterocycles. The van der Waals surface area contributed by atoms with Gasteiger partial charge in [-0.1, -0.05) is 20.3 Å². The Kier molecular flexibility index (Phi) is 6.09. The van der Waals surface area contributed by atoms with E-state index in [-0.39, 0.29) is 5.54 Å². The number of aromatic nitrogens is 1. The van der Waals surface area contributed by atoms with E-state index in [4.69, 9.17) is 4.74 Å². The Bertz CT molecular complexity index is 327. The maximum atomic E-state index is 5.12. The first-order valence-corrected chi connectivity index (χ1v) is 7.23. The van der Waals surface area contributed by atoms with Gasteiger partial charge in [-0.15, -0.1) is 11.3 Å². The van der Waals surface area contributed by atoms with Gasteiger partial charge in [0.15, 0.2) is 0 Å². The van der Waals surface area contributed by atoms with Gasteiger partial charge in [-0.25, -0.2) is 4.98 Å². The second-order valence-corrected chi connectivity index (χ2v) is 5.26. The molecule has 0 aliphatic heterocycles. The largest absolute Gasteiger partial charge is 0.383 e. The van der Waals surface area contributed by atoms with E-state index in [9.17, 15) is 0 Å². The summed E-state index contributed by atoms with van der Waals surface area (Å²) in [4.78, 5) is 4.67. The highest BCUT2D eigenvalue weighted by molar-refractivity contribution is 7.09. The van der Waals surface area contributed by atoms with E-state index in [0.29, 0.717) is 0 Å². The number of aryl methyl sites for hydroxylation is 1.